The number of carbonyl (C=O) groups excluding carboxylic acids is 1. The van der Waals surface area contributed by atoms with Crippen LogP contribution in [0.2, 0.25) is 0 Å². The van der Waals surface area contributed by atoms with Crippen molar-refractivity contribution in [1.82, 2.24) is 15.3 Å². The van der Waals surface area contributed by atoms with Gasteiger partial charge in [0.15, 0.2) is 0 Å². The van der Waals surface area contributed by atoms with Gasteiger partial charge >= 0.3 is 12.2 Å². The topological polar surface area (TPSA) is 82.2 Å². The fourth-order valence-electron chi connectivity index (χ4n) is 4.42. The molecule has 0 radical (unpaired) electrons. The van der Waals surface area contributed by atoms with Crippen LogP contribution in [0.5, 0.6) is 0 Å². The van der Waals surface area contributed by atoms with E-state index < -0.39 is 17.8 Å². The molecule has 36 heavy (non-hydrogen) atoms. The number of hydrogen-bond donors (Lipinski definition) is 3. The maximum Gasteiger partial charge on any atom is 0.418 e. The van der Waals surface area contributed by atoms with Crippen molar-refractivity contribution in [1.29, 1.82) is 0 Å². The van der Waals surface area contributed by atoms with Crippen LogP contribution in [-0.2, 0) is 6.18 Å². The van der Waals surface area contributed by atoms with Crippen molar-refractivity contribution < 1.29 is 18.0 Å². The molecule has 0 bridgehead atoms. The number of anilines is 3. The quantitative estimate of drug-likeness (QED) is 0.328. The first-order chi connectivity index (χ1) is 17.1. The largest absolute Gasteiger partial charge is 0.418 e. The molecule has 0 unspecified atom stereocenters. The van der Waals surface area contributed by atoms with Gasteiger partial charge in [0.05, 0.1) is 16.8 Å². The van der Waals surface area contributed by atoms with Crippen LogP contribution in [0.3, 0.4) is 0 Å². The Morgan fingerprint density at radius 1 is 1.08 bits per heavy atom. The average Bonchev–Trinajstić information content (AvgIpc) is 2.83. The summed E-state index contributed by atoms with van der Waals surface area (Å²) in [6, 6.07) is 11.1. The molecule has 7 nitrogen and oxygen atoms in total. The zero-order valence-corrected chi connectivity index (χ0v) is 21.6. The van der Waals surface area contributed by atoms with E-state index in [9.17, 15) is 18.0 Å². The van der Waals surface area contributed by atoms with E-state index in [1.807, 2.05) is 43.3 Å². The number of para-hydroxylation sites is 1. The minimum Gasteiger partial charge on any atom is -0.362 e. The number of nitrogens with zero attached hydrogens (tertiary/aromatic N) is 3. The Labute approximate surface area is 216 Å². The fraction of sp³-hybridized carbons (Fsp3) is 0.400. The number of halogens is 4. The lowest BCUT2D eigenvalue weighted by Crippen LogP contribution is -2.36. The van der Waals surface area contributed by atoms with Gasteiger partial charge < -0.3 is 20.9 Å². The van der Waals surface area contributed by atoms with Gasteiger partial charge in [0.1, 0.15) is 5.82 Å². The molecule has 3 aromatic rings. The lowest BCUT2D eigenvalue weighted by atomic mass is 9.86. The Kier molecular flexibility index (Phi) is 7.87. The van der Waals surface area contributed by atoms with Crippen LogP contribution in [-0.4, -0.2) is 42.7 Å². The Morgan fingerprint density at radius 2 is 1.81 bits per heavy atom. The molecule has 1 fully saturated rings. The first-order valence-electron chi connectivity index (χ1n) is 11.7. The number of amides is 2. The van der Waals surface area contributed by atoms with E-state index in [2.05, 4.69) is 36.9 Å². The molecule has 1 aliphatic carbocycles. The Balaban J connectivity index is 1.29. The Bertz CT molecular complexity index is 1230. The van der Waals surface area contributed by atoms with Crippen molar-refractivity contribution in [2.75, 3.05) is 36.2 Å². The molecule has 3 N–H and O–H groups in total. The number of aromatic nitrogens is 2. The number of rotatable bonds is 6. The predicted octanol–water partition coefficient (Wildman–Crippen LogP) is 6.27. The van der Waals surface area contributed by atoms with E-state index in [1.165, 1.54) is 12.1 Å². The van der Waals surface area contributed by atoms with Crippen LogP contribution < -0.4 is 20.9 Å². The van der Waals surface area contributed by atoms with Crippen LogP contribution >= 0.6 is 15.9 Å². The van der Waals surface area contributed by atoms with E-state index in [-0.39, 0.29) is 22.1 Å². The molecule has 1 heterocycles. The number of nitrogens with one attached hydrogen (secondary N) is 3. The summed E-state index contributed by atoms with van der Waals surface area (Å²) >= 11 is 3.04. The van der Waals surface area contributed by atoms with E-state index in [1.54, 1.807) is 0 Å². The molecule has 0 saturated heterocycles. The number of benzene rings is 2. The number of fused-ring (bicyclic) bond motifs is 1. The maximum absolute atomic E-state index is 13.3. The molecule has 2 amide bonds. The molecule has 4 rings (SSSR count). The van der Waals surface area contributed by atoms with Crippen molar-refractivity contribution in [3.05, 3.63) is 52.5 Å². The van der Waals surface area contributed by atoms with Gasteiger partial charge in [0.2, 0.25) is 5.95 Å². The number of hydrogen-bond acceptors (Lipinski definition) is 5. The Morgan fingerprint density at radius 3 is 2.50 bits per heavy atom. The first kappa shape index (κ1) is 26.0. The summed E-state index contributed by atoms with van der Waals surface area (Å²) < 4.78 is 40.1. The molecule has 0 spiro atoms. The molecule has 11 heteroatoms. The van der Waals surface area contributed by atoms with Gasteiger partial charge in [-0.05, 0) is 61.9 Å². The Hall–Kier alpha value is -3.08. The summed E-state index contributed by atoms with van der Waals surface area (Å²) in [5.41, 5.74) is -0.294. The van der Waals surface area contributed by atoms with E-state index in [0.29, 0.717) is 12.5 Å². The van der Waals surface area contributed by atoms with Gasteiger partial charge in [-0.2, -0.15) is 18.2 Å². The van der Waals surface area contributed by atoms with E-state index in [0.717, 1.165) is 48.5 Å². The van der Waals surface area contributed by atoms with Gasteiger partial charge in [0.25, 0.3) is 0 Å². The zero-order valence-electron chi connectivity index (χ0n) is 20.0. The first-order valence-corrected chi connectivity index (χ1v) is 12.5. The maximum atomic E-state index is 13.3. The SMILES string of the molecule is CN(C)c1nc(N[C@H]2CC[C@@H](CNC(=O)Nc3ccc(Br)cc3C(F)(F)F)CC2)nc2ccccc12. The van der Waals surface area contributed by atoms with E-state index in [4.69, 9.17) is 4.98 Å². The van der Waals surface area contributed by atoms with Crippen LogP contribution in [0, 0.1) is 5.92 Å². The van der Waals surface area contributed by atoms with Crippen molar-refractivity contribution in [2.45, 2.75) is 37.9 Å². The molecular formula is C25H28BrF3N6O. The van der Waals surface area contributed by atoms with Gasteiger partial charge in [-0.1, -0.05) is 28.1 Å². The fourth-order valence-corrected chi connectivity index (χ4v) is 4.78. The normalized spacial score (nSPS) is 18.1. The third-order valence-electron chi connectivity index (χ3n) is 6.27. The summed E-state index contributed by atoms with van der Waals surface area (Å²) in [4.78, 5) is 23.6. The summed E-state index contributed by atoms with van der Waals surface area (Å²) in [5, 5.41) is 9.49. The standard InChI is InChI=1S/C25H28BrF3N6O/c1-35(2)22-18-5-3-4-6-20(18)32-23(34-22)31-17-10-7-15(8-11-17)14-30-24(36)33-21-12-9-16(26)13-19(21)25(27,28)29/h3-6,9,12-13,15,17H,7-8,10-11,14H2,1-2H3,(H2,30,33,36)(H,31,32,34)/t15-,17+. The summed E-state index contributed by atoms with van der Waals surface area (Å²) in [7, 11) is 3.90. The number of urea groups is 1. The molecule has 0 atom stereocenters. The molecule has 2 aromatic carbocycles. The van der Waals surface area contributed by atoms with Crippen molar-refractivity contribution in [3.63, 3.8) is 0 Å². The second-order valence-electron chi connectivity index (χ2n) is 9.17. The zero-order chi connectivity index (χ0) is 25.9. The summed E-state index contributed by atoms with van der Waals surface area (Å²) in [5.74, 6) is 1.69. The van der Waals surface area contributed by atoms with Gasteiger partial charge in [0, 0.05) is 36.5 Å². The van der Waals surface area contributed by atoms with Crippen LogP contribution in [0.4, 0.5) is 35.4 Å². The van der Waals surface area contributed by atoms with Crippen LogP contribution in [0.25, 0.3) is 10.9 Å². The minimum atomic E-state index is -4.57. The van der Waals surface area contributed by atoms with E-state index >= 15 is 0 Å². The van der Waals surface area contributed by atoms with Gasteiger partial charge in [-0.3, -0.25) is 0 Å². The highest BCUT2D eigenvalue weighted by molar-refractivity contribution is 9.10. The van der Waals surface area contributed by atoms with Crippen molar-refractivity contribution >= 4 is 50.3 Å². The number of alkyl halides is 3. The third-order valence-corrected chi connectivity index (χ3v) is 6.77. The smallest absolute Gasteiger partial charge is 0.362 e. The molecule has 0 aliphatic heterocycles. The highest BCUT2D eigenvalue weighted by atomic mass is 79.9. The molecule has 1 aliphatic rings. The summed E-state index contributed by atoms with van der Waals surface area (Å²) in [6.45, 7) is 0.397. The predicted molar refractivity (Wildman–Crippen MR) is 139 cm³/mol. The van der Waals surface area contributed by atoms with Crippen molar-refractivity contribution in [2.24, 2.45) is 5.92 Å². The molecule has 192 valence electrons. The monoisotopic (exact) mass is 564 g/mol. The van der Waals surface area contributed by atoms with Gasteiger partial charge in [-0.25, -0.2) is 9.78 Å². The minimum absolute atomic E-state index is 0.211. The summed E-state index contributed by atoms with van der Waals surface area (Å²) in [6.07, 6.45) is -1.06. The third kappa shape index (κ3) is 6.37. The average molecular weight is 565 g/mol. The van der Waals surface area contributed by atoms with Gasteiger partial charge in [-0.15, -0.1) is 0 Å². The lowest BCUT2D eigenvalue weighted by molar-refractivity contribution is -0.136. The van der Waals surface area contributed by atoms with Crippen molar-refractivity contribution in [3.8, 4) is 0 Å². The highest BCUT2D eigenvalue weighted by Crippen LogP contribution is 2.36. The second kappa shape index (κ2) is 10.9. The lowest BCUT2D eigenvalue weighted by Gasteiger charge is -2.29. The highest BCUT2D eigenvalue weighted by Gasteiger charge is 2.34. The molecule has 1 aromatic heterocycles. The van der Waals surface area contributed by atoms with Crippen LogP contribution in [0.1, 0.15) is 31.2 Å². The second-order valence-corrected chi connectivity index (χ2v) is 10.1. The van der Waals surface area contributed by atoms with Crippen LogP contribution in [0.15, 0.2) is 46.9 Å². The molecular weight excluding hydrogens is 537 g/mol. The number of carbonyl (C=O) groups is 1. The molecule has 1 saturated carbocycles.